The first-order valence-corrected chi connectivity index (χ1v) is 6.89. The zero-order chi connectivity index (χ0) is 12.5. The van der Waals surface area contributed by atoms with E-state index in [0.717, 1.165) is 40.6 Å². The van der Waals surface area contributed by atoms with Crippen molar-refractivity contribution in [3.8, 4) is 11.4 Å². The molecular formula is C13H14N2O2S. The molecule has 0 unspecified atom stereocenters. The van der Waals surface area contributed by atoms with Gasteiger partial charge in [0.25, 0.3) is 5.56 Å². The number of methoxy groups -OCH3 is 1. The van der Waals surface area contributed by atoms with Crippen molar-refractivity contribution < 1.29 is 4.74 Å². The van der Waals surface area contributed by atoms with E-state index < -0.39 is 0 Å². The van der Waals surface area contributed by atoms with Crippen molar-refractivity contribution in [1.82, 2.24) is 9.78 Å². The number of aromatic nitrogens is 2. The number of benzene rings is 1. The lowest BCUT2D eigenvalue weighted by Crippen LogP contribution is -2.15. The molecule has 0 radical (unpaired) electrons. The van der Waals surface area contributed by atoms with E-state index in [0.29, 0.717) is 0 Å². The van der Waals surface area contributed by atoms with Crippen LogP contribution in [0.15, 0.2) is 34.0 Å². The lowest BCUT2D eigenvalue weighted by molar-refractivity contribution is 0.414. The first kappa shape index (κ1) is 11.5. The number of nitrogens with one attached hydrogen (secondary N) is 1. The second kappa shape index (κ2) is 4.57. The molecule has 0 amide bonds. The monoisotopic (exact) mass is 262 g/mol. The number of nitrogens with zero attached hydrogens (tertiary/aromatic N) is 1. The number of ether oxygens (including phenoxy) is 1. The summed E-state index contributed by atoms with van der Waals surface area (Å²) in [5.74, 6) is 1.82. The minimum Gasteiger partial charge on any atom is -0.497 e. The predicted molar refractivity (Wildman–Crippen MR) is 72.0 cm³/mol. The van der Waals surface area contributed by atoms with Crippen LogP contribution >= 0.6 is 11.8 Å². The Balaban J connectivity index is 2.05. The lowest BCUT2D eigenvalue weighted by atomic mass is 10.2. The molecule has 1 aliphatic heterocycles. The maximum Gasteiger partial charge on any atom is 0.285 e. The van der Waals surface area contributed by atoms with Gasteiger partial charge in [-0.05, 0) is 42.9 Å². The molecule has 94 valence electrons. The quantitative estimate of drug-likeness (QED) is 0.902. The van der Waals surface area contributed by atoms with Crippen molar-refractivity contribution in [2.75, 3.05) is 12.9 Å². The first-order chi connectivity index (χ1) is 8.79. The summed E-state index contributed by atoms with van der Waals surface area (Å²) in [5.41, 5.74) is 1.96. The third kappa shape index (κ3) is 1.84. The summed E-state index contributed by atoms with van der Waals surface area (Å²) in [4.78, 5) is 13.1. The molecule has 1 aromatic heterocycles. The second-order valence-electron chi connectivity index (χ2n) is 4.21. The molecule has 4 nitrogen and oxygen atoms in total. The van der Waals surface area contributed by atoms with Gasteiger partial charge in [-0.2, -0.15) is 0 Å². The van der Waals surface area contributed by atoms with E-state index in [1.54, 1.807) is 23.6 Å². The van der Waals surface area contributed by atoms with Crippen LogP contribution in [0.4, 0.5) is 0 Å². The Morgan fingerprint density at radius 3 is 2.78 bits per heavy atom. The van der Waals surface area contributed by atoms with Crippen molar-refractivity contribution in [2.24, 2.45) is 0 Å². The van der Waals surface area contributed by atoms with Gasteiger partial charge >= 0.3 is 0 Å². The first-order valence-electron chi connectivity index (χ1n) is 5.91. The van der Waals surface area contributed by atoms with Crippen molar-refractivity contribution >= 4 is 11.8 Å². The molecular weight excluding hydrogens is 248 g/mol. The van der Waals surface area contributed by atoms with Crippen LogP contribution in [0.25, 0.3) is 5.69 Å². The molecule has 2 heterocycles. The fourth-order valence-corrected chi connectivity index (χ4v) is 3.15. The SMILES string of the molecule is COc1ccc(-n2[nH]c3c(c2=O)SCCC3)cc1. The lowest BCUT2D eigenvalue weighted by Gasteiger charge is -2.06. The van der Waals surface area contributed by atoms with Gasteiger partial charge in [-0.3, -0.25) is 9.89 Å². The average molecular weight is 262 g/mol. The normalized spacial score (nSPS) is 14.3. The summed E-state index contributed by atoms with van der Waals surface area (Å²) < 4.78 is 6.73. The summed E-state index contributed by atoms with van der Waals surface area (Å²) in [5, 5.41) is 3.20. The summed E-state index contributed by atoms with van der Waals surface area (Å²) in [7, 11) is 1.63. The molecule has 2 aromatic rings. The van der Waals surface area contributed by atoms with Crippen LogP contribution < -0.4 is 10.3 Å². The van der Waals surface area contributed by atoms with Gasteiger partial charge in [0.15, 0.2) is 0 Å². The van der Waals surface area contributed by atoms with Crippen molar-refractivity contribution in [1.29, 1.82) is 0 Å². The average Bonchev–Trinajstić information content (AvgIpc) is 2.77. The Bertz CT molecular complexity index is 613. The van der Waals surface area contributed by atoms with Crippen molar-refractivity contribution in [3.63, 3.8) is 0 Å². The standard InChI is InChI=1S/C13H14N2O2S/c1-17-10-6-4-9(5-7-10)15-13(16)12-11(14-15)3-2-8-18-12/h4-7,14H,2-3,8H2,1H3. The van der Waals surface area contributed by atoms with Crippen LogP contribution in [0.5, 0.6) is 5.75 Å². The number of hydrogen-bond donors (Lipinski definition) is 1. The smallest absolute Gasteiger partial charge is 0.285 e. The van der Waals surface area contributed by atoms with Crippen LogP contribution in [0.3, 0.4) is 0 Å². The van der Waals surface area contributed by atoms with Crippen LogP contribution in [-0.4, -0.2) is 22.6 Å². The second-order valence-corrected chi connectivity index (χ2v) is 5.32. The molecule has 0 bridgehead atoms. The fraction of sp³-hybridized carbons (Fsp3) is 0.308. The zero-order valence-electron chi connectivity index (χ0n) is 10.1. The molecule has 0 saturated heterocycles. The Hall–Kier alpha value is -1.62. The fourth-order valence-electron chi connectivity index (χ4n) is 2.12. The summed E-state index contributed by atoms with van der Waals surface area (Å²) in [6, 6.07) is 7.48. The van der Waals surface area contributed by atoms with Crippen LogP contribution in [0.2, 0.25) is 0 Å². The largest absolute Gasteiger partial charge is 0.497 e. The van der Waals surface area contributed by atoms with Crippen LogP contribution in [-0.2, 0) is 6.42 Å². The molecule has 5 heteroatoms. The van der Waals surface area contributed by atoms with Gasteiger partial charge in [-0.25, -0.2) is 4.68 Å². The molecule has 1 aromatic carbocycles. The van der Waals surface area contributed by atoms with Gasteiger partial charge in [0.1, 0.15) is 5.75 Å². The Morgan fingerprint density at radius 1 is 1.33 bits per heavy atom. The highest BCUT2D eigenvalue weighted by molar-refractivity contribution is 7.99. The van der Waals surface area contributed by atoms with Gasteiger partial charge < -0.3 is 4.74 Å². The van der Waals surface area contributed by atoms with E-state index in [2.05, 4.69) is 5.10 Å². The third-order valence-electron chi connectivity index (χ3n) is 3.07. The van der Waals surface area contributed by atoms with Crippen LogP contribution in [0, 0.1) is 0 Å². The Labute approximate surface area is 109 Å². The van der Waals surface area contributed by atoms with Crippen molar-refractivity contribution in [3.05, 3.63) is 40.3 Å². The maximum atomic E-state index is 12.2. The van der Waals surface area contributed by atoms with E-state index in [1.165, 1.54) is 0 Å². The summed E-state index contributed by atoms with van der Waals surface area (Å²) in [6.45, 7) is 0. The highest BCUT2D eigenvalue weighted by Gasteiger charge is 2.18. The van der Waals surface area contributed by atoms with Crippen molar-refractivity contribution in [2.45, 2.75) is 17.7 Å². The third-order valence-corrected chi connectivity index (χ3v) is 4.27. The minimum atomic E-state index is 0.0554. The topological polar surface area (TPSA) is 47.0 Å². The number of aryl methyl sites for hydroxylation is 1. The number of fused-ring (bicyclic) bond motifs is 1. The molecule has 0 atom stereocenters. The Morgan fingerprint density at radius 2 is 2.11 bits per heavy atom. The van der Waals surface area contributed by atoms with Gasteiger partial charge in [-0.1, -0.05) is 0 Å². The van der Waals surface area contributed by atoms with Gasteiger partial charge in [0.05, 0.1) is 23.4 Å². The highest BCUT2D eigenvalue weighted by atomic mass is 32.2. The van der Waals surface area contributed by atoms with Gasteiger partial charge in [0, 0.05) is 0 Å². The summed E-state index contributed by atoms with van der Waals surface area (Å²) >= 11 is 1.65. The molecule has 1 N–H and O–H groups in total. The van der Waals surface area contributed by atoms with Gasteiger partial charge in [0.2, 0.25) is 0 Å². The molecule has 1 aliphatic rings. The molecule has 18 heavy (non-hydrogen) atoms. The van der Waals surface area contributed by atoms with Crippen LogP contribution in [0.1, 0.15) is 12.1 Å². The number of thioether (sulfide) groups is 1. The van der Waals surface area contributed by atoms with E-state index in [9.17, 15) is 4.79 Å². The molecule has 0 saturated carbocycles. The zero-order valence-corrected chi connectivity index (χ0v) is 10.9. The van der Waals surface area contributed by atoms with Gasteiger partial charge in [-0.15, -0.1) is 11.8 Å². The maximum absolute atomic E-state index is 12.2. The molecule has 0 fully saturated rings. The summed E-state index contributed by atoms with van der Waals surface area (Å²) in [6.07, 6.45) is 2.08. The minimum absolute atomic E-state index is 0.0554. The van der Waals surface area contributed by atoms with E-state index in [1.807, 2.05) is 24.3 Å². The highest BCUT2D eigenvalue weighted by Crippen LogP contribution is 2.26. The molecule has 0 spiro atoms. The van der Waals surface area contributed by atoms with E-state index in [4.69, 9.17) is 4.74 Å². The Kier molecular flexibility index (Phi) is 2.91. The molecule has 0 aliphatic carbocycles. The predicted octanol–water partition coefficient (Wildman–Crippen LogP) is 2.21. The van der Waals surface area contributed by atoms with E-state index in [-0.39, 0.29) is 5.56 Å². The number of rotatable bonds is 2. The van der Waals surface area contributed by atoms with E-state index >= 15 is 0 Å². The number of hydrogen-bond acceptors (Lipinski definition) is 3. The number of H-pyrrole nitrogens is 1. The molecule has 3 rings (SSSR count). The number of aromatic amines is 1.